The molecule has 0 radical (unpaired) electrons. The summed E-state index contributed by atoms with van der Waals surface area (Å²) in [6, 6.07) is 0. The van der Waals surface area contributed by atoms with Gasteiger partial charge in [-0.1, -0.05) is 142 Å². The van der Waals surface area contributed by atoms with E-state index >= 15 is 0 Å². The van der Waals surface area contributed by atoms with Gasteiger partial charge < -0.3 is 19.5 Å². The number of nitrogens with one attached hydrogen (secondary N) is 1. The molecule has 0 aromatic rings. The summed E-state index contributed by atoms with van der Waals surface area (Å²) in [7, 11) is -1.45. The molecule has 0 fully saturated rings. The molecule has 0 aromatic heterocycles. The van der Waals surface area contributed by atoms with Crippen molar-refractivity contribution in [1.29, 1.82) is 0 Å². The minimum absolute atomic E-state index is 0.0624. The molecule has 1 N–H and O–H groups in total. The molecular weight excluding hydrogens is 649 g/mol. The number of ether oxygens (including phenoxy) is 3. The quantitative estimate of drug-likeness (QED) is 0.0375. The van der Waals surface area contributed by atoms with Crippen LogP contribution in [0, 0.1) is 0 Å². The Kier molecular flexibility index (Phi) is 33.8. The fraction of sp³-hybridized carbons (Fsp3) is 0.919. The molecule has 0 heterocycles. The van der Waals surface area contributed by atoms with Crippen molar-refractivity contribution < 1.29 is 46.7 Å². The van der Waals surface area contributed by atoms with Gasteiger partial charge in [-0.25, -0.2) is 4.57 Å². The lowest BCUT2D eigenvalue weighted by Crippen LogP contribution is -2.31. The number of carbonyl (C=O) groups is 3. The summed E-state index contributed by atoms with van der Waals surface area (Å²) in [6.45, 7) is 3.70. The van der Waals surface area contributed by atoms with Crippen LogP contribution in [0.25, 0.3) is 0 Å². The minimum Gasteiger partial charge on any atom is -0.462 e. The SMILES string of the molecule is CCCCCCCCCCCCCC(=O)OCC(COP(=O)(OC)OCCNC(=O)COC)OC(=O)CCCCCCCCCCCCC. The lowest BCUT2D eigenvalue weighted by Gasteiger charge is -2.21. The number of phosphoric ester groups is 1. The first-order chi connectivity index (χ1) is 23.8. The zero-order chi connectivity index (χ0) is 36.3. The number of rotatable bonds is 37. The monoisotopic (exact) mass is 721 g/mol. The van der Waals surface area contributed by atoms with Crippen molar-refractivity contribution in [1.82, 2.24) is 5.32 Å². The summed E-state index contributed by atoms with van der Waals surface area (Å²) >= 11 is 0. The number of hydrogen-bond donors (Lipinski definition) is 1. The molecule has 0 saturated heterocycles. The predicted molar refractivity (Wildman–Crippen MR) is 194 cm³/mol. The van der Waals surface area contributed by atoms with Crippen LogP contribution in [0.4, 0.5) is 0 Å². The van der Waals surface area contributed by atoms with Crippen molar-refractivity contribution in [3.05, 3.63) is 0 Å². The fourth-order valence-corrected chi connectivity index (χ4v) is 6.28. The highest BCUT2D eigenvalue weighted by Crippen LogP contribution is 2.48. The molecule has 0 aliphatic carbocycles. The second kappa shape index (κ2) is 34.9. The summed E-state index contributed by atoms with van der Waals surface area (Å²) in [6.07, 6.45) is 25.5. The number of carbonyl (C=O) groups excluding carboxylic acids is 3. The number of methoxy groups -OCH3 is 1. The normalized spacial score (nSPS) is 13.1. The van der Waals surface area contributed by atoms with Gasteiger partial charge in [-0.05, 0) is 12.8 Å². The average molecular weight is 722 g/mol. The number of amides is 1. The lowest BCUT2D eigenvalue weighted by molar-refractivity contribution is -0.161. The summed E-state index contributed by atoms with van der Waals surface area (Å²) in [5, 5.41) is 2.55. The standard InChI is InChI=1S/C37H72NO10P/c1-5-7-9-11-13-15-17-19-21-23-25-27-36(40)45-31-34(32-47-49(42,44-4)46-30-29-38-35(39)33-43-3)48-37(41)28-26-24-22-20-18-16-14-12-10-8-6-2/h34H,5-33H2,1-4H3,(H,38,39). The maximum atomic E-state index is 12.9. The van der Waals surface area contributed by atoms with Crippen LogP contribution in [0.2, 0.25) is 0 Å². The Labute approximate surface area is 298 Å². The van der Waals surface area contributed by atoms with Crippen LogP contribution in [-0.4, -0.2) is 71.1 Å². The molecule has 49 heavy (non-hydrogen) atoms. The van der Waals surface area contributed by atoms with E-state index in [9.17, 15) is 18.9 Å². The maximum absolute atomic E-state index is 12.9. The largest absolute Gasteiger partial charge is 0.474 e. The minimum atomic E-state index is -4.02. The lowest BCUT2D eigenvalue weighted by atomic mass is 10.1. The van der Waals surface area contributed by atoms with Crippen molar-refractivity contribution >= 4 is 25.7 Å². The van der Waals surface area contributed by atoms with Crippen LogP contribution in [0.1, 0.15) is 168 Å². The molecule has 0 aliphatic rings. The van der Waals surface area contributed by atoms with E-state index in [-0.39, 0.29) is 57.7 Å². The Morgan fingerprint density at radius 2 is 1.04 bits per heavy atom. The molecular formula is C37H72NO10P. The second-order valence-corrected chi connectivity index (χ2v) is 14.7. The van der Waals surface area contributed by atoms with Gasteiger partial charge in [0, 0.05) is 33.6 Å². The zero-order valence-corrected chi connectivity index (χ0v) is 32.5. The Hall–Kier alpha value is -1.52. The van der Waals surface area contributed by atoms with Gasteiger partial charge in [0.15, 0.2) is 6.10 Å². The number of phosphoric acid groups is 1. The van der Waals surface area contributed by atoms with Crippen LogP contribution in [0.3, 0.4) is 0 Å². The molecule has 2 unspecified atom stereocenters. The van der Waals surface area contributed by atoms with Gasteiger partial charge in [0.1, 0.15) is 13.2 Å². The molecule has 0 saturated carbocycles. The highest BCUT2D eigenvalue weighted by molar-refractivity contribution is 7.48. The number of esters is 2. The smallest absolute Gasteiger partial charge is 0.462 e. The van der Waals surface area contributed by atoms with Crippen molar-refractivity contribution in [2.75, 3.05) is 47.2 Å². The summed E-state index contributed by atoms with van der Waals surface area (Å²) in [5.41, 5.74) is 0. The van der Waals surface area contributed by atoms with E-state index in [0.29, 0.717) is 6.42 Å². The van der Waals surface area contributed by atoms with Crippen LogP contribution in [0.5, 0.6) is 0 Å². The van der Waals surface area contributed by atoms with E-state index in [4.69, 9.17) is 27.8 Å². The van der Waals surface area contributed by atoms with Crippen molar-refractivity contribution in [3.8, 4) is 0 Å². The molecule has 0 aromatic carbocycles. The van der Waals surface area contributed by atoms with E-state index in [1.165, 1.54) is 111 Å². The van der Waals surface area contributed by atoms with Crippen molar-refractivity contribution in [3.63, 3.8) is 0 Å². The molecule has 0 rings (SSSR count). The predicted octanol–water partition coefficient (Wildman–Crippen LogP) is 9.39. The topological polar surface area (TPSA) is 136 Å². The Balaban J connectivity index is 4.60. The summed E-state index contributed by atoms with van der Waals surface area (Å²) in [4.78, 5) is 36.7. The molecule has 2 atom stereocenters. The van der Waals surface area contributed by atoms with Crippen molar-refractivity contribution in [2.45, 2.75) is 174 Å². The molecule has 0 aliphatic heterocycles. The molecule has 0 bridgehead atoms. The van der Waals surface area contributed by atoms with Gasteiger partial charge in [0.25, 0.3) is 0 Å². The first-order valence-electron chi connectivity index (χ1n) is 19.4. The van der Waals surface area contributed by atoms with Crippen LogP contribution in [-0.2, 0) is 46.7 Å². The van der Waals surface area contributed by atoms with Crippen LogP contribution >= 0.6 is 7.82 Å². The second-order valence-electron chi connectivity index (χ2n) is 12.9. The Bertz CT molecular complexity index is 844. The first kappa shape index (κ1) is 47.5. The third-order valence-electron chi connectivity index (χ3n) is 8.29. The van der Waals surface area contributed by atoms with E-state index < -0.39 is 19.9 Å². The Morgan fingerprint density at radius 3 is 1.49 bits per heavy atom. The molecule has 12 heteroatoms. The van der Waals surface area contributed by atoms with Gasteiger partial charge in [0.05, 0.1) is 13.2 Å². The Morgan fingerprint density at radius 1 is 0.592 bits per heavy atom. The highest BCUT2D eigenvalue weighted by Gasteiger charge is 2.28. The van der Waals surface area contributed by atoms with Gasteiger partial charge in [0.2, 0.25) is 5.91 Å². The summed E-state index contributed by atoms with van der Waals surface area (Å²) in [5.74, 6) is -1.15. The molecule has 0 spiro atoms. The number of unbranched alkanes of at least 4 members (excludes halogenated alkanes) is 20. The van der Waals surface area contributed by atoms with Crippen LogP contribution < -0.4 is 5.32 Å². The van der Waals surface area contributed by atoms with E-state index in [0.717, 1.165) is 38.5 Å². The van der Waals surface area contributed by atoms with Crippen molar-refractivity contribution in [2.24, 2.45) is 0 Å². The van der Waals surface area contributed by atoms with Gasteiger partial charge >= 0.3 is 19.8 Å². The van der Waals surface area contributed by atoms with Gasteiger partial charge in [-0.2, -0.15) is 0 Å². The zero-order valence-electron chi connectivity index (χ0n) is 31.6. The maximum Gasteiger partial charge on any atom is 0.474 e. The molecule has 11 nitrogen and oxygen atoms in total. The fourth-order valence-electron chi connectivity index (χ4n) is 5.33. The van der Waals surface area contributed by atoms with E-state index in [1.54, 1.807) is 0 Å². The van der Waals surface area contributed by atoms with Gasteiger partial charge in [-0.3, -0.25) is 28.0 Å². The molecule has 1 amide bonds. The third kappa shape index (κ3) is 32.2. The average Bonchev–Trinajstić information content (AvgIpc) is 3.09. The van der Waals surface area contributed by atoms with Crippen LogP contribution in [0.15, 0.2) is 0 Å². The van der Waals surface area contributed by atoms with E-state index in [1.807, 2.05) is 0 Å². The number of hydrogen-bond acceptors (Lipinski definition) is 10. The molecule has 290 valence electrons. The third-order valence-corrected chi connectivity index (χ3v) is 9.70. The summed E-state index contributed by atoms with van der Waals surface area (Å²) < 4.78 is 44.3. The first-order valence-corrected chi connectivity index (χ1v) is 20.8. The highest BCUT2D eigenvalue weighted by atomic mass is 31.2. The van der Waals surface area contributed by atoms with Gasteiger partial charge in [-0.15, -0.1) is 0 Å². The van der Waals surface area contributed by atoms with E-state index in [2.05, 4.69) is 19.2 Å².